The normalized spacial score (nSPS) is 10.3. The van der Waals surface area contributed by atoms with Gasteiger partial charge in [0, 0.05) is 12.0 Å². The number of carboxylic acids is 1. The number of ether oxygens (including phenoxy) is 3. The molecule has 0 atom stereocenters. The highest BCUT2D eigenvalue weighted by Crippen LogP contribution is 2.40. The fraction of sp³-hybridized carbons (Fsp3) is 0.357. The Kier molecular flexibility index (Phi) is 4.82. The molecule has 1 aromatic carbocycles. The average molecular weight is 308 g/mol. The molecule has 0 saturated carbocycles. The monoisotopic (exact) mass is 308 g/mol. The van der Waals surface area contributed by atoms with Crippen molar-refractivity contribution >= 4 is 5.97 Å². The molecule has 2 aromatic rings. The van der Waals surface area contributed by atoms with Crippen LogP contribution in [0.15, 0.2) is 16.7 Å². The molecule has 0 aliphatic heterocycles. The maximum absolute atomic E-state index is 10.6. The summed E-state index contributed by atoms with van der Waals surface area (Å²) in [6.07, 6.45) is 0.101. The highest BCUT2D eigenvalue weighted by Gasteiger charge is 2.17. The molecule has 0 aliphatic carbocycles. The van der Waals surface area contributed by atoms with Crippen LogP contribution in [-0.2, 0) is 11.2 Å². The first-order valence-electron chi connectivity index (χ1n) is 6.43. The predicted octanol–water partition coefficient (Wildman–Crippen LogP) is 1.78. The van der Waals surface area contributed by atoms with Gasteiger partial charge >= 0.3 is 5.97 Å². The summed E-state index contributed by atoms with van der Waals surface area (Å²) in [4.78, 5) is 14.7. The van der Waals surface area contributed by atoms with E-state index in [9.17, 15) is 4.79 Å². The fourth-order valence-corrected chi connectivity index (χ4v) is 1.90. The number of aromatic nitrogens is 2. The lowest BCUT2D eigenvalue weighted by molar-refractivity contribution is -0.137. The van der Waals surface area contributed by atoms with Crippen LogP contribution in [0.2, 0.25) is 0 Å². The van der Waals surface area contributed by atoms with E-state index in [4.69, 9.17) is 23.8 Å². The molecule has 0 saturated heterocycles. The second-order valence-electron chi connectivity index (χ2n) is 4.32. The van der Waals surface area contributed by atoms with Crippen LogP contribution in [0.3, 0.4) is 0 Å². The SMILES string of the molecule is COc1cc(-c2noc(CCC(=O)O)n2)cc(OC)c1OC. The lowest BCUT2D eigenvalue weighted by Crippen LogP contribution is -1.98. The number of aliphatic carboxylic acids is 1. The Bertz CT molecular complexity index is 642. The number of hydrogen-bond donors (Lipinski definition) is 1. The summed E-state index contributed by atoms with van der Waals surface area (Å²) in [6, 6.07) is 3.38. The lowest BCUT2D eigenvalue weighted by Gasteiger charge is -2.12. The standard InChI is InChI=1S/C14H16N2O6/c1-19-9-6-8(7-10(20-2)13(9)21-3)14-15-11(22-16-14)4-5-12(17)18/h6-7H,4-5H2,1-3H3,(H,17,18). The van der Waals surface area contributed by atoms with E-state index in [1.165, 1.54) is 21.3 Å². The predicted molar refractivity (Wildman–Crippen MR) is 75.3 cm³/mol. The Balaban J connectivity index is 2.34. The smallest absolute Gasteiger partial charge is 0.303 e. The van der Waals surface area contributed by atoms with Crippen LogP contribution in [-0.4, -0.2) is 42.5 Å². The average Bonchev–Trinajstić information content (AvgIpc) is 3.00. The van der Waals surface area contributed by atoms with Gasteiger partial charge in [-0.05, 0) is 12.1 Å². The minimum absolute atomic E-state index is 0.0725. The topological polar surface area (TPSA) is 104 Å². The number of methoxy groups -OCH3 is 3. The third kappa shape index (κ3) is 3.27. The van der Waals surface area contributed by atoms with Crippen LogP contribution < -0.4 is 14.2 Å². The van der Waals surface area contributed by atoms with Gasteiger partial charge in [-0.25, -0.2) is 0 Å². The van der Waals surface area contributed by atoms with Gasteiger partial charge in [0.15, 0.2) is 11.5 Å². The molecule has 118 valence electrons. The van der Waals surface area contributed by atoms with E-state index in [0.717, 1.165) is 0 Å². The summed E-state index contributed by atoms with van der Waals surface area (Å²) in [5.74, 6) is 1.05. The van der Waals surface area contributed by atoms with Gasteiger partial charge in [0.25, 0.3) is 0 Å². The van der Waals surface area contributed by atoms with Gasteiger partial charge in [-0.2, -0.15) is 4.98 Å². The van der Waals surface area contributed by atoms with Crippen molar-refractivity contribution in [1.29, 1.82) is 0 Å². The molecule has 1 N–H and O–H groups in total. The summed E-state index contributed by atoms with van der Waals surface area (Å²) in [5, 5.41) is 12.5. The summed E-state index contributed by atoms with van der Waals surface area (Å²) >= 11 is 0. The molecule has 0 fully saturated rings. The number of carbonyl (C=O) groups is 1. The van der Waals surface area contributed by atoms with Crippen LogP contribution in [0.25, 0.3) is 11.4 Å². The van der Waals surface area contributed by atoms with E-state index in [-0.39, 0.29) is 18.7 Å². The Morgan fingerprint density at radius 3 is 2.32 bits per heavy atom. The van der Waals surface area contributed by atoms with E-state index in [1.807, 2.05) is 0 Å². The Hall–Kier alpha value is -2.77. The van der Waals surface area contributed by atoms with Crippen molar-refractivity contribution in [3.05, 3.63) is 18.0 Å². The Morgan fingerprint density at radius 1 is 1.18 bits per heavy atom. The summed E-state index contributed by atoms with van der Waals surface area (Å²) in [6.45, 7) is 0. The number of hydrogen-bond acceptors (Lipinski definition) is 7. The molecule has 0 amide bonds. The summed E-state index contributed by atoms with van der Waals surface area (Å²) in [7, 11) is 4.53. The van der Waals surface area contributed by atoms with Gasteiger partial charge < -0.3 is 23.8 Å². The highest BCUT2D eigenvalue weighted by molar-refractivity contribution is 5.67. The highest BCUT2D eigenvalue weighted by atomic mass is 16.5. The van der Waals surface area contributed by atoms with Crippen molar-refractivity contribution in [1.82, 2.24) is 10.1 Å². The van der Waals surface area contributed by atoms with Crippen LogP contribution in [0.1, 0.15) is 12.3 Å². The first kappa shape index (κ1) is 15.6. The van der Waals surface area contributed by atoms with E-state index >= 15 is 0 Å². The van der Waals surface area contributed by atoms with Gasteiger partial charge in [-0.1, -0.05) is 5.16 Å². The van der Waals surface area contributed by atoms with Crippen LogP contribution in [0, 0.1) is 0 Å². The summed E-state index contributed by atoms with van der Waals surface area (Å²) in [5.41, 5.74) is 0.611. The molecule has 0 radical (unpaired) electrons. The zero-order chi connectivity index (χ0) is 16.1. The molecule has 0 bridgehead atoms. The van der Waals surface area contributed by atoms with Gasteiger partial charge in [-0.3, -0.25) is 4.79 Å². The van der Waals surface area contributed by atoms with Crippen molar-refractivity contribution in [2.24, 2.45) is 0 Å². The van der Waals surface area contributed by atoms with E-state index < -0.39 is 5.97 Å². The van der Waals surface area contributed by atoms with Gasteiger partial charge in [0.2, 0.25) is 17.5 Å². The van der Waals surface area contributed by atoms with Crippen molar-refractivity contribution in [3.63, 3.8) is 0 Å². The van der Waals surface area contributed by atoms with Crippen molar-refractivity contribution < 1.29 is 28.6 Å². The van der Waals surface area contributed by atoms with Crippen molar-refractivity contribution in [2.75, 3.05) is 21.3 Å². The van der Waals surface area contributed by atoms with Crippen molar-refractivity contribution in [2.45, 2.75) is 12.8 Å². The van der Waals surface area contributed by atoms with Gasteiger partial charge in [0.05, 0.1) is 27.8 Å². The zero-order valence-electron chi connectivity index (χ0n) is 12.5. The molecule has 0 spiro atoms. The maximum Gasteiger partial charge on any atom is 0.303 e. The molecule has 22 heavy (non-hydrogen) atoms. The molecule has 8 heteroatoms. The molecule has 0 unspecified atom stereocenters. The second kappa shape index (κ2) is 6.79. The third-order valence-electron chi connectivity index (χ3n) is 2.94. The molecular formula is C14H16N2O6. The number of benzene rings is 1. The quantitative estimate of drug-likeness (QED) is 0.825. The zero-order valence-corrected chi connectivity index (χ0v) is 12.5. The first-order chi connectivity index (χ1) is 10.6. The van der Waals surface area contributed by atoms with Crippen molar-refractivity contribution in [3.8, 4) is 28.6 Å². The number of rotatable bonds is 7. The van der Waals surface area contributed by atoms with Crippen LogP contribution >= 0.6 is 0 Å². The number of carboxylic acid groups (broad SMARTS) is 1. The fourth-order valence-electron chi connectivity index (χ4n) is 1.90. The number of nitrogens with zero attached hydrogens (tertiary/aromatic N) is 2. The van der Waals surface area contributed by atoms with E-state index in [1.54, 1.807) is 12.1 Å². The molecule has 1 aromatic heterocycles. The Morgan fingerprint density at radius 2 is 1.82 bits per heavy atom. The third-order valence-corrected chi connectivity index (χ3v) is 2.94. The molecule has 8 nitrogen and oxygen atoms in total. The first-order valence-corrected chi connectivity index (χ1v) is 6.43. The molecule has 0 aliphatic rings. The van der Waals surface area contributed by atoms with Crippen LogP contribution in [0.5, 0.6) is 17.2 Å². The largest absolute Gasteiger partial charge is 0.493 e. The summed E-state index contributed by atoms with van der Waals surface area (Å²) < 4.78 is 20.8. The van der Waals surface area contributed by atoms with E-state index in [2.05, 4.69) is 10.1 Å². The number of aryl methyl sites for hydroxylation is 1. The van der Waals surface area contributed by atoms with E-state index in [0.29, 0.717) is 28.6 Å². The molecule has 2 rings (SSSR count). The molecular weight excluding hydrogens is 292 g/mol. The maximum atomic E-state index is 10.6. The lowest BCUT2D eigenvalue weighted by atomic mass is 10.1. The second-order valence-corrected chi connectivity index (χ2v) is 4.32. The molecule has 1 heterocycles. The van der Waals surface area contributed by atoms with Gasteiger partial charge in [-0.15, -0.1) is 0 Å². The Labute approximate surface area is 126 Å². The minimum atomic E-state index is -0.924. The van der Waals surface area contributed by atoms with Gasteiger partial charge in [0.1, 0.15) is 0 Å². The minimum Gasteiger partial charge on any atom is -0.493 e. The van der Waals surface area contributed by atoms with Crippen LogP contribution in [0.4, 0.5) is 0 Å².